The smallest absolute Gasteiger partial charge is 0.461 e. The molecule has 0 aromatic heterocycles. The van der Waals surface area contributed by atoms with Crippen molar-refractivity contribution in [2.45, 2.75) is 9.18 Å². The Bertz CT molecular complexity index is 663. The Hall–Kier alpha value is -1.34. The summed E-state index contributed by atoms with van der Waals surface area (Å²) >= 11 is 1.81. The van der Waals surface area contributed by atoms with E-state index in [1.807, 2.05) is 22.6 Å². The molecule has 128 valence electrons. The second-order valence-corrected chi connectivity index (χ2v) is 6.78. The Morgan fingerprint density at radius 3 is 2.22 bits per heavy atom. The zero-order valence-corrected chi connectivity index (χ0v) is 14.3. The molecule has 0 aliphatic rings. The van der Waals surface area contributed by atoms with Crippen molar-refractivity contribution in [3.8, 4) is 0 Å². The van der Waals surface area contributed by atoms with Crippen molar-refractivity contribution >= 4 is 44.6 Å². The quantitative estimate of drug-likeness (QED) is 0.215. The summed E-state index contributed by atoms with van der Waals surface area (Å²) in [6.07, 6.45) is 0. The molecule has 1 rings (SSSR count). The fraction of sp³-hybridized carbons (Fsp3) is 0.333. The van der Waals surface area contributed by atoms with Crippen LogP contribution in [0.2, 0.25) is 0 Å². The van der Waals surface area contributed by atoms with E-state index in [9.17, 15) is 26.8 Å². The van der Waals surface area contributed by atoms with Crippen LogP contribution in [0.5, 0.6) is 0 Å². The van der Waals surface area contributed by atoms with Gasteiger partial charge in [0.05, 0.1) is 0 Å². The van der Waals surface area contributed by atoms with Gasteiger partial charge in [-0.25, -0.2) is 4.79 Å². The molecule has 0 radical (unpaired) electrons. The van der Waals surface area contributed by atoms with Gasteiger partial charge in [0, 0.05) is 0 Å². The zero-order valence-electron chi connectivity index (χ0n) is 11.3. The highest BCUT2D eigenvalue weighted by Crippen LogP contribution is 2.24. The summed E-state index contributed by atoms with van der Waals surface area (Å²) < 4.78 is 62.5. The molecule has 11 heteroatoms. The molecule has 0 bridgehead atoms. The first kappa shape index (κ1) is 19.7. The third kappa shape index (κ3) is 5.35. The minimum atomic E-state index is -5.92. The van der Waals surface area contributed by atoms with Crippen LogP contribution < -0.4 is 0 Å². The van der Waals surface area contributed by atoms with Gasteiger partial charge in [0.25, 0.3) is 0 Å². The molecule has 1 aromatic carbocycles. The minimum absolute atomic E-state index is 0.543. The number of hydrogen-bond donors (Lipinski definition) is 1. The van der Waals surface area contributed by atoms with Crippen molar-refractivity contribution in [3.05, 3.63) is 35.9 Å². The summed E-state index contributed by atoms with van der Waals surface area (Å²) in [6, 6.07) is 8.56. The molecule has 0 spiro atoms. The van der Waals surface area contributed by atoms with E-state index in [1.54, 1.807) is 30.3 Å². The Labute approximate surface area is 143 Å². The number of carbonyl (C=O) groups is 2. The lowest BCUT2D eigenvalue weighted by atomic mass is 10.2. The SMILES string of the molecule is O=C(OCCOC(=O)C(F)(F)S(=O)(=O)O)C(I)c1ccccc1. The van der Waals surface area contributed by atoms with E-state index in [2.05, 4.69) is 4.74 Å². The van der Waals surface area contributed by atoms with E-state index in [1.165, 1.54) is 0 Å². The number of esters is 2. The standard InChI is InChI=1S/C12H11F2IO7S/c13-12(14,23(18,19)20)11(17)22-7-6-21-10(16)9(15)8-4-2-1-3-5-8/h1-5,9H,6-7H2,(H,18,19,20). The molecule has 1 N–H and O–H groups in total. The third-order valence-electron chi connectivity index (χ3n) is 2.42. The second kappa shape index (κ2) is 7.97. The van der Waals surface area contributed by atoms with Gasteiger partial charge < -0.3 is 9.47 Å². The van der Waals surface area contributed by atoms with Crippen LogP contribution in [-0.4, -0.2) is 43.4 Å². The topological polar surface area (TPSA) is 107 Å². The molecule has 0 heterocycles. The maximum Gasteiger partial charge on any atom is 0.465 e. The first-order chi connectivity index (χ1) is 10.6. The van der Waals surface area contributed by atoms with Crippen molar-refractivity contribution in [3.63, 3.8) is 0 Å². The fourth-order valence-electron chi connectivity index (χ4n) is 1.30. The molecule has 0 aliphatic heterocycles. The number of hydrogen-bond acceptors (Lipinski definition) is 6. The van der Waals surface area contributed by atoms with Crippen LogP contribution in [0.25, 0.3) is 0 Å². The first-order valence-corrected chi connectivity index (χ1v) is 8.63. The zero-order chi connectivity index (χ0) is 17.7. The van der Waals surface area contributed by atoms with Crippen LogP contribution in [0.1, 0.15) is 9.49 Å². The van der Waals surface area contributed by atoms with Crippen molar-refractivity contribution in [2.75, 3.05) is 13.2 Å². The Kier molecular flexibility index (Phi) is 6.83. The van der Waals surface area contributed by atoms with E-state index in [0.29, 0.717) is 5.56 Å². The van der Waals surface area contributed by atoms with Crippen LogP contribution >= 0.6 is 22.6 Å². The second-order valence-electron chi connectivity index (χ2n) is 4.07. The van der Waals surface area contributed by atoms with Gasteiger partial charge >= 0.3 is 27.3 Å². The number of rotatable bonds is 7. The number of ether oxygens (including phenoxy) is 2. The summed E-state index contributed by atoms with van der Waals surface area (Å²) in [5.41, 5.74) is 0.660. The van der Waals surface area contributed by atoms with E-state index in [4.69, 9.17) is 9.29 Å². The molecule has 7 nitrogen and oxygen atoms in total. The van der Waals surface area contributed by atoms with Crippen molar-refractivity contribution < 1.29 is 40.8 Å². The van der Waals surface area contributed by atoms with Crippen molar-refractivity contribution in [1.29, 1.82) is 0 Å². The highest BCUT2D eigenvalue weighted by molar-refractivity contribution is 14.1. The summed E-state index contributed by atoms with van der Waals surface area (Å²) in [7, 11) is -5.92. The molecular formula is C12H11F2IO7S. The maximum atomic E-state index is 12.8. The normalized spacial score (nSPS) is 13.2. The predicted octanol–water partition coefficient (Wildman–Crippen LogP) is 1.73. The monoisotopic (exact) mass is 464 g/mol. The molecule has 0 aliphatic carbocycles. The Balaban J connectivity index is 2.43. The number of carbonyl (C=O) groups excluding carboxylic acids is 2. The van der Waals surface area contributed by atoms with Gasteiger partial charge in [-0.2, -0.15) is 17.2 Å². The van der Waals surface area contributed by atoms with Crippen LogP contribution in [0.4, 0.5) is 8.78 Å². The molecule has 1 unspecified atom stereocenters. The molecule has 0 amide bonds. The number of benzene rings is 1. The summed E-state index contributed by atoms with van der Waals surface area (Å²) in [5.74, 6) is -3.14. The van der Waals surface area contributed by atoms with Gasteiger partial charge in [-0.15, -0.1) is 0 Å². The average Bonchev–Trinajstić information content (AvgIpc) is 2.50. The van der Waals surface area contributed by atoms with Gasteiger partial charge in [0.1, 0.15) is 17.1 Å². The van der Waals surface area contributed by atoms with E-state index in [0.717, 1.165) is 0 Å². The molecule has 0 saturated heterocycles. The minimum Gasteiger partial charge on any atom is -0.461 e. The van der Waals surface area contributed by atoms with Crippen LogP contribution in [0.15, 0.2) is 30.3 Å². The molecule has 23 heavy (non-hydrogen) atoms. The van der Waals surface area contributed by atoms with Gasteiger partial charge in [0.15, 0.2) is 0 Å². The maximum absolute atomic E-state index is 12.8. The lowest BCUT2D eigenvalue weighted by Gasteiger charge is -2.13. The van der Waals surface area contributed by atoms with Crippen molar-refractivity contribution in [1.82, 2.24) is 0 Å². The van der Waals surface area contributed by atoms with Crippen LogP contribution in [0.3, 0.4) is 0 Å². The van der Waals surface area contributed by atoms with Gasteiger partial charge in [-0.1, -0.05) is 52.9 Å². The predicted molar refractivity (Wildman–Crippen MR) is 81.6 cm³/mol. The Morgan fingerprint density at radius 2 is 1.70 bits per heavy atom. The molecule has 0 saturated carbocycles. The Morgan fingerprint density at radius 1 is 1.17 bits per heavy atom. The molecular weight excluding hydrogens is 453 g/mol. The number of halogens is 3. The van der Waals surface area contributed by atoms with Gasteiger partial charge in [-0.3, -0.25) is 9.35 Å². The van der Waals surface area contributed by atoms with Gasteiger partial charge in [0.2, 0.25) is 0 Å². The largest absolute Gasteiger partial charge is 0.465 e. The van der Waals surface area contributed by atoms with E-state index < -0.39 is 44.4 Å². The van der Waals surface area contributed by atoms with E-state index in [-0.39, 0.29) is 0 Å². The summed E-state index contributed by atoms with van der Waals surface area (Å²) in [4.78, 5) is 22.5. The lowest BCUT2D eigenvalue weighted by Crippen LogP contribution is -2.39. The number of alkyl halides is 3. The van der Waals surface area contributed by atoms with Crippen molar-refractivity contribution in [2.24, 2.45) is 0 Å². The highest BCUT2D eigenvalue weighted by Gasteiger charge is 2.54. The average molecular weight is 464 g/mol. The molecule has 1 aromatic rings. The highest BCUT2D eigenvalue weighted by atomic mass is 127. The third-order valence-corrected chi connectivity index (χ3v) is 4.46. The first-order valence-electron chi connectivity index (χ1n) is 5.95. The lowest BCUT2D eigenvalue weighted by molar-refractivity contribution is -0.165. The van der Waals surface area contributed by atoms with E-state index >= 15 is 0 Å². The summed E-state index contributed by atoms with van der Waals surface area (Å²) in [6.45, 7) is -1.33. The molecule has 0 fully saturated rings. The fourth-order valence-corrected chi connectivity index (χ4v) is 2.16. The van der Waals surface area contributed by atoms with Crippen LogP contribution in [-0.2, 0) is 29.2 Å². The molecule has 1 atom stereocenters. The van der Waals surface area contributed by atoms with Crippen LogP contribution in [0, 0.1) is 0 Å². The van der Waals surface area contributed by atoms with Gasteiger partial charge in [-0.05, 0) is 5.56 Å². The summed E-state index contributed by atoms with van der Waals surface area (Å²) in [5, 5.41) is -5.08.